The van der Waals surface area contributed by atoms with E-state index >= 15 is 0 Å². The largest absolute Gasteiger partial charge is 0.306 e. The minimum Gasteiger partial charge on any atom is -0.306 e. The molecule has 0 fully saturated rings. The molecule has 0 bridgehead atoms. The molecule has 1 N–H and O–H groups in total. The van der Waals surface area contributed by atoms with Crippen LogP contribution in [0.25, 0.3) is 11.1 Å². The van der Waals surface area contributed by atoms with E-state index in [0.29, 0.717) is 6.04 Å². The van der Waals surface area contributed by atoms with Crippen molar-refractivity contribution in [1.82, 2.24) is 5.32 Å². The van der Waals surface area contributed by atoms with Gasteiger partial charge in [0, 0.05) is 12.6 Å². The molecule has 0 spiro atoms. The summed E-state index contributed by atoms with van der Waals surface area (Å²) < 4.78 is 0. The second kappa shape index (κ2) is 4.95. The molecule has 1 heterocycles. The summed E-state index contributed by atoms with van der Waals surface area (Å²) in [6.45, 7) is 3.22. The Hall–Kier alpha value is -1.60. The van der Waals surface area contributed by atoms with Gasteiger partial charge in [-0.2, -0.15) is 0 Å². The van der Waals surface area contributed by atoms with Crippen molar-refractivity contribution >= 4 is 0 Å². The van der Waals surface area contributed by atoms with E-state index in [-0.39, 0.29) is 0 Å². The predicted octanol–water partition coefficient (Wildman–Crippen LogP) is 4.30. The van der Waals surface area contributed by atoms with Crippen molar-refractivity contribution in [3.8, 4) is 11.1 Å². The average Bonchev–Trinajstić information content (AvgIpc) is 2.58. The van der Waals surface area contributed by atoms with E-state index in [4.69, 9.17) is 0 Å². The molecule has 1 aliphatic heterocycles. The Labute approximate surface area is 109 Å². The summed E-state index contributed by atoms with van der Waals surface area (Å²) in [5.74, 6) is 0. The summed E-state index contributed by atoms with van der Waals surface area (Å²) in [5, 5.41) is 3.69. The van der Waals surface area contributed by atoms with Crippen LogP contribution in [0.3, 0.4) is 0 Å². The maximum atomic E-state index is 3.69. The summed E-state index contributed by atoms with van der Waals surface area (Å²) in [7, 11) is 0. The van der Waals surface area contributed by atoms with Crippen LogP contribution < -0.4 is 5.32 Å². The monoisotopic (exact) mass is 237 g/mol. The molecule has 18 heavy (non-hydrogen) atoms. The van der Waals surface area contributed by atoms with E-state index in [1.807, 2.05) is 0 Å². The first kappa shape index (κ1) is 11.5. The van der Waals surface area contributed by atoms with Gasteiger partial charge in [-0.1, -0.05) is 61.9 Å². The van der Waals surface area contributed by atoms with E-state index < -0.39 is 0 Å². The van der Waals surface area contributed by atoms with Gasteiger partial charge < -0.3 is 5.32 Å². The first-order chi connectivity index (χ1) is 8.90. The van der Waals surface area contributed by atoms with Gasteiger partial charge in [0.2, 0.25) is 0 Å². The number of nitrogens with one attached hydrogen (secondary N) is 1. The van der Waals surface area contributed by atoms with E-state index in [0.717, 1.165) is 6.54 Å². The summed E-state index contributed by atoms with van der Waals surface area (Å²) >= 11 is 0. The highest BCUT2D eigenvalue weighted by Crippen LogP contribution is 2.35. The molecule has 0 amide bonds. The molecule has 0 radical (unpaired) electrons. The smallest absolute Gasteiger partial charge is 0.0329 e. The van der Waals surface area contributed by atoms with Crippen LogP contribution in [0.15, 0.2) is 48.5 Å². The molecule has 1 heteroatoms. The van der Waals surface area contributed by atoms with Crippen LogP contribution in [0.4, 0.5) is 0 Å². The van der Waals surface area contributed by atoms with E-state index in [1.54, 1.807) is 0 Å². The number of benzene rings is 2. The van der Waals surface area contributed by atoms with Gasteiger partial charge in [-0.05, 0) is 28.7 Å². The van der Waals surface area contributed by atoms with E-state index in [2.05, 4.69) is 60.8 Å². The topological polar surface area (TPSA) is 12.0 Å². The van der Waals surface area contributed by atoms with E-state index in [9.17, 15) is 0 Å². The lowest BCUT2D eigenvalue weighted by Gasteiger charge is -2.17. The fourth-order valence-electron chi connectivity index (χ4n) is 2.87. The van der Waals surface area contributed by atoms with Crippen LogP contribution in [0.2, 0.25) is 0 Å². The van der Waals surface area contributed by atoms with Crippen molar-refractivity contribution in [2.24, 2.45) is 0 Å². The van der Waals surface area contributed by atoms with Gasteiger partial charge >= 0.3 is 0 Å². The molecule has 0 aromatic heterocycles. The van der Waals surface area contributed by atoms with Crippen molar-refractivity contribution in [2.45, 2.75) is 32.4 Å². The van der Waals surface area contributed by atoms with Gasteiger partial charge in [0.05, 0.1) is 0 Å². The SMILES string of the molecule is CCCC1NCc2ccccc2-c2ccccc21. The van der Waals surface area contributed by atoms with Gasteiger partial charge in [-0.15, -0.1) is 0 Å². The molecular formula is C17H19N. The summed E-state index contributed by atoms with van der Waals surface area (Å²) in [4.78, 5) is 0. The van der Waals surface area contributed by atoms with Crippen LogP contribution in [-0.4, -0.2) is 0 Å². The van der Waals surface area contributed by atoms with Crippen LogP contribution in [0, 0.1) is 0 Å². The number of hydrogen-bond donors (Lipinski definition) is 1. The molecule has 1 aliphatic rings. The number of hydrogen-bond acceptors (Lipinski definition) is 1. The van der Waals surface area contributed by atoms with Crippen molar-refractivity contribution in [1.29, 1.82) is 0 Å². The number of fused-ring (bicyclic) bond motifs is 3. The summed E-state index contributed by atoms with van der Waals surface area (Å²) in [5.41, 5.74) is 5.64. The van der Waals surface area contributed by atoms with Crippen LogP contribution in [0.5, 0.6) is 0 Å². The molecule has 2 aromatic carbocycles. The van der Waals surface area contributed by atoms with Gasteiger partial charge in [0.1, 0.15) is 0 Å². The molecule has 0 saturated carbocycles. The third-order valence-electron chi connectivity index (χ3n) is 3.76. The van der Waals surface area contributed by atoms with Crippen molar-refractivity contribution in [3.05, 3.63) is 59.7 Å². The fourth-order valence-corrected chi connectivity index (χ4v) is 2.87. The van der Waals surface area contributed by atoms with Gasteiger partial charge in [-0.25, -0.2) is 0 Å². The number of rotatable bonds is 2. The van der Waals surface area contributed by atoms with E-state index in [1.165, 1.54) is 35.1 Å². The highest BCUT2D eigenvalue weighted by molar-refractivity contribution is 5.72. The molecular weight excluding hydrogens is 218 g/mol. The Balaban J connectivity index is 2.15. The maximum Gasteiger partial charge on any atom is 0.0329 e. The van der Waals surface area contributed by atoms with Gasteiger partial charge in [-0.3, -0.25) is 0 Å². The average molecular weight is 237 g/mol. The van der Waals surface area contributed by atoms with Crippen molar-refractivity contribution in [3.63, 3.8) is 0 Å². The molecule has 0 saturated heterocycles. The Morgan fingerprint density at radius 3 is 2.56 bits per heavy atom. The highest BCUT2D eigenvalue weighted by Gasteiger charge is 2.20. The summed E-state index contributed by atoms with van der Waals surface area (Å²) in [6.07, 6.45) is 2.41. The minimum atomic E-state index is 0.485. The molecule has 1 nitrogen and oxygen atoms in total. The first-order valence-corrected chi connectivity index (χ1v) is 6.80. The standard InChI is InChI=1S/C17H19N/c1-2-7-17-16-11-6-5-10-15(16)14-9-4-3-8-13(14)12-18-17/h3-6,8-11,17-18H,2,7,12H2,1H3. The molecule has 0 aliphatic carbocycles. The molecule has 92 valence electrons. The second-order valence-corrected chi connectivity index (χ2v) is 4.97. The minimum absolute atomic E-state index is 0.485. The van der Waals surface area contributed by atoms with Gasteiger partial charge in [0.15, 0.2) is 0 Å². The molecule has 2 aromatic rings. The highest BCUT2D eigenvalue weighted by atomic mass is 14.9. The Morgan fingerprint density at radius 1 is 1.00 bits per heavy atom. The molecule has 3 rings (SSSR count). The van der Waals surface area contributed by atoms with Crippen molar-refractivity contribution in [2.75, 3.05) is 0 Å². The quantitative estimate of drug-likeness (QED) is 0.821. The normalized spacial score (nSPS) is 17.7. The van der Waals surface area contributed by atoms with Crippen LogP contribution in [0.1, 0.15) is 36.9 Å². The Kier molecular flexibility index (Phi) is 3.16. The zero-order chi connectivity index (χ0) is 12.4. The lowest BCUT2D eigenvalue weighted by atomic mass is 9.93. The predicted molar refractivity (Wildman–Crippen MR) is 76.4 cm³/mol. The third kappa shape index (κ3) is 1.95. The Morgan fingerprint density at radius 2 is 1.72 bits per heavy atom. The second-order valence-electron chi connectivity index (χ2n) is 4.97. The van der Waals surface area contributed by atoms with Crippen LogP contribution in [-0.2, 0) is 6.54 Å². The molecule has 1 atom stereocenters. The van der Waals surface area contributed by atoms with Gasteiger partial charge in [0.25, 0.3) is 0 Å². The Bertz CT molecular complexity index is 545. The lowest BCUT2D eigenvalue weighted by Crippen LogP contribution is -2.19. The molecule has 1 unspecified atom stereocenters. The zero-order valence-corrected chi connectivity index (χ0v) is 10.8. The van der Waals surface area contributed by atoms with Crippen LogP contribution >= 0.6 is 0 Å². The first-order valence-electron chi connectivity index (χ1n) is 6.80. The fraction of sp³-hybridized carbons (Fsp3) is 0.294. The summed E-state index contributed by atoms with van der Waals surface area (Å²) in [6, 6.07) is 18.0. The third-order valence-corrected chi connectivity index (χ3v) is 3.76. The lowest BCUT2D eigenvalue weighted by molar-refractivity contribution is 0.499. The maximum absolute atomic E-state index is 3.69. The van der Waals surface area contributed by atoms with Crippen molar-refractivity contribution < 1.29 is 0 Å². The zero-order valence-electron chi connectivity index (χ0n) is 10.8.